The summed E-state index contributed by atoms with van der Waals surface area (Å²) in [5.74, 6) is -0.232. The molecule has 6 rings (SSSR count). The molecule has 2 aromatic carbocycles. The number of amides is 1. The fourth-order valence-electron chi connectivity index (χ4n) is 4.47. The average molecular weight is 511 g/mol. The van der Waals surface area contributed by atoms with Crippen molar-refractivity contribution in [3.63, 3.8) is 0 Å². The highest BCUT2D eigenvalue weighted by atomic mass is 32.1. The summed E-state index contributed by atoms with van der Waals surface area (Å²) < 4.78 is 7.79. The zero-order valence-corrected chi connectivity index (χ0v) is 20.9. The number of carbonyl (C=O) groups is 2. The molecule has 0 spiro atoms. The minimum atomic E-state index is -0.638. The third-order valence-electron chi connectivity index (χ3n) is 6.15. The maximum absolute atomic E-state index is 13.8. The first-order valence-electron chi connectivity index (χ1n) is 11.8. The number of hydrogen-bond donors (Lipinski definition) is 2. The van der Waals surface area contributed by atoms with Crippen molar-refractivity contribution in [2.75, 3.05) is 17.2 Å². The van der Waals surface area contributed by atoms with Gasteiger partial charge in [0.1, 0.15) is 16.9 Å². The van der Waals surface area contributed by atoms with Gasteiger partial charge in [0.05, 0.1) is 22.4 Å². The van der Waals surface area contributed by atoms with E-state index in [1.54, 1.807) is 30.1 Å². The van der Waals surface area contributed by atoms with Gasteiger partial charge in [0.15, 0.2) is 5.69 Å². The first kappa shape index (κ1) is 22.9. The molecule has 1 aliphatic rings. The van der Waals surface area contributed by atoms with E-state index in [-0.39, 0.29) is 18.2 Å². The second-order valence-corrected chi connectivity index (χ2v) is 9.62. The van der Waals surface area contributed by atoms with Gasteiger partial charge in [-0.15, -0.1) is 11.3 Å². The van der Waals surface area contributed by atoms with Gasteiger partial charge in [-0.1, -0.05) is 18.2 Å². The van der Waals surface area contributed by atoms with Crippen molar-refractivity contribution in [3.05, 3.63) is 89.0 Å². The summed E-state index contributed by atoms with van der Waals surface area (Å²) in [6.45, 7) is 3.82. The molecule has 0 saturated heterocycles. The minimum absolute atomic E-state index is 0.160. The van der Waals surface area contributed by atoms with Gasteiger partial charge in [-0.3, -0.25) is 9.78 Å². The summed E-state index contributed by atoms with van der Waals surface area (Å²) in [7, 11) is 0. The molecular weight excluding hydrogens is 488 g/mol. The Morgan fingerprint density at radius 1 is 1.14 bits per heavy atom. The summed E-state index contributed by atoms with van der Waals surface area (Å²) in [6.07, 6.45) is 3.50. The number of fused-ring (bicyclic) bond motifs is 3. The van der Waals surface area contributed by atoms with Gasteiger partial charge >= 0.3 is 5.97 Å². The van der Waals surface area contributed by atoms with Crippen molar-refractivity contribution >= 4 is 55.7 Å². The van der Waals surface area contributed by atoms with Crippen LogP contribution in [0.4, 0.5) is 11.5 Å². The van der Waals surface area contributed by atoms with Crippen LogP contribution >= 0.6 is 11.3 Å². The summed E-state index contributed by atoms with van der Waals surface area (Å²) >= 11 is 1.49. The molecule has 184 valence electrons. The lowest BCUT2D eigenvalue weighted by molar-refractivity contribution is -0.113. The van der Waals surface area contributed by atoms with Crippen molar-refractivity contribution in [1.82, 2.24) is 19.7 Å². The van der Waals surface area contributed by atoms with Crippen molar-refractivity contribution in [3.8, 4) is 0 Å². The van der Waals surface area contributed by atoms with Crippen LogP contribution in [-0.4, -0.2) is 38.2 Å². The van der Waals surface area contributed by atoms with Gasteiger partial charge in [-0.25, -0.2) is 14.5 Å². The number of nitrogens with zero attached hydrogens (tertiary/aromatic N) is 4. The summed E-state index contributed by atoms with van der Waals surface area (Å²) in [4.78, 5) is 35.2. The molecule has 9 nitrogen and oxygen atoms in total. The van der Waals surface area contributed by atoms with E-state index < -0.39 is 12.0 Å². The van der Waals surface area contributed by atoms with E-state index in [0.717, 1.165) is 21.0 Å². The molecule has 2 N–H and O–H groups in total. The van der Waals surface area contributed by atoms with Crippen LogP contribution in [0.3, 0.4) is 0 Å². The van der Waals surface area contributed by atoms with Gasteiger partial charge < -0.3 is 15.4 Å². The van der Waals surface area contributed by atoms with Gasteiger partial charge in [0.25, 0.3) is 5.91 Å². The Labute approximate surface area is 215 Å². The lowest BCUT2D eigenvalue weighted by Gasteiger charge is -2.28. The molecule has 10 heteroatoms. The van der Waals surface area contributed by atoms with Crippen LogP contribution in [0.25, 0.3) is 21.0 Å². The molecule has 1 amide bonds. The molecule has 0 fully saturated rings. The minimum Gasteiger partial charge on any atom is -0.461 e. The molecule has 0 radical (unpaired) electrons. The van der Waals surface area contributed by atoms with Crippen LogP contribution in [0, 0.1) is 0 Å². The van der Waals surface area contributed by atoms with Crippen molar-refractivity contribution in [1.29, 1.82) is 0 Å². The second kappa shape index (κ2) is 9.14. The van der Waals surface area contributed by atoms with Crippen LogP contribution in [-0.2, 0) is 9.53 Å². The van der Waals surface area contributed by atoms with Crippen LogP contribution in [0.5, 0.6) is 0 Å². The number of allylic oxidation sites excluding steroid dienone is 1. The normalized spacial score (nSPS) is 14.9. The topological polar surface area (TPSA) is 111 Å². The molecule has 0 bridgehead atoms. The fourth-order valence-corrected chi connectivity index (χ4v) is 5.53. The third-order valence-corrected chi connectivity index (χ3v) is 7.23. The lowest BCUT2D eigenvalue weighted by Crippen LogP contribution is -2.31. The number of rotatable bonds is 5. The number of esters is 1. The standard InChI is InChI=1S/C27H22N6O3S/c1-3-36-27(35)20-13-22-29-15(2)23(25(34)30-18-9-8-17-14-28-11-10-16(17)12-18)24(33(22)32-20)26-31-19-6-4-5-7-21(19)37-26/h4-14,24,29H,3H2,1-2H3,(H,30,34). The largest absolute Gasteiger partial charge is 0.461 e. The summed E-state index contributed by atoms with van der Waals surface area (Å²) in [5.41, 5.74) is 2.76. The van der Waals surface area contributed by atoms with Gasteiger partial charge in [0, 0.05) is 35.2 Å². The first-order valence-corrected chi connectivity index (χ1v) is 12.6. The predicted molar refractivity (Wildman–Crippen MR) is 143 cm³/mol. The smallest absolute Gasteiger partial charge is 0.358 e. The highest BCUT2D eigenvalue weighted by Crippen LogP contribution is 2.40. The number of ether oxygens (including phenoxy) is 1. The average Bonchev–Trinajstić information content (AvgIpc) is 3.52. The molecular formula is C27H22N6O3S. The number of thiazole rings is 1. The number of pyridine rings is 1. The maximum atomic E-state index is 13.8. The molecule has 3 aromatic heterocycles. The Morgan fingerprint density at radius 3 is 2.84 bits per heavy atom. The number of para-hydroxylation sites is 1. The zero-order chi connectivity index (χ0) is 25.5. The van der Waals surface area contributed by atoms with Crippen molar-refractivity contribution < 1.29 is 14.3 Å². The molecule has 0 aliphatic carbocycles. The van der Waals surface area contributed by atoms with E-state index in [2.05, 4.69) is 20.7 Å². The lowest BCUT2D eigenvalue weighted by atomic mass is 10.0. The Hall–Kier alpha value is -4.57. The van der Waals surface area contributed by atoms with E-state index >= 15 is 0 Å². The van der Waals surface area contributed by atoms with Crippen LogP contribution in [0.2, 0.25) is 0 Å². The van der Waals surface area contributed by atoms with Gasteiger partial charge in [-0.05, 0) is 49.6 Å². The van der Waals surface area contributed by atoms with Gasteiger partial charge in [0.2, 0.25) is 0 Å². The number of anilines is 2. The molecule has 1 unspecified atom stereocenters. The number of benzene rings is 2. The quantitative estimate of drug-likeness (QED) is 0.315. The monoisotopic (exact) mass is 510 g/mol. The predicted octanol–water partition coefficient (Wildman–Crippen LogP) is 5.15. The molecule has 1 aliphatic heterocycles. The number of nitrogens with one attached hydrogen (secondary N) is 2. The molecule has 5 aromatic rings. The number of hydrogen-bond acceptors (Lipinski definition) is 8. The highest BCUT2D eigenvalue weighted by molar-refractivity contribution is 7.18. The van der Waals surface area contributed by atoms with Crippen LogP contribution in [0.1, 0.15) is 35.4 Å². The summed E-state index contributed by atoms with van der Waals surface area (Å²) in [5, 5.41) is 13.5. The van der Waals surface area contributed by atoms with E-state index in [1.165, 1.54) is 11.3 Å². The molecule has 37 heavy (non-hydrogen) atoms. The zero-order valence-electron chi connectivity index (χ0n) is 20.1. The highest BCUT2D eigenvalue weighted by Gasteiger charge is 2.36. The van der Waals surface area contributed by atoms with Gasteiger partial charge in [-0.2, -0.15) is 5.10 Å². The Kier molecular flexibility index (Phi) is 5.65. The van der Waals surface area contributed by atoms with Crippen molar-refractivity contribution in [2.24, 2.45) is 0 Å². The molecule has 1 atom stereocenters. The maximum Gasteiger partial charge on any atom is 0.358 e. The Morgan fingerprint density at radius 2 is 2.00 bits per heavy atom. The van der Waals surface area contributed by atoms with E-state index in [4.69, 9.17) is 9.72 Å². The Bertz CT molecular complexity index is 1690. The number of carbonyl (C=O) groups excluding carboxylic acids is 2. The van der Waals surface area contributed by atoms with Crippen LogP contribution < -0.4 is 10.6 Å². The Balaban J connectivity index is 1.43. The second-order valence-electron chi connectivity index (χ2n) is 8.56. The third kappa shape index (κ3) is 4.11. The SMILES string of the molecule is CCOC(=O)c1cc2n(n1)C(c1nc3ccccc3s1)C(C(=O)Nc1ccc3cnccc3c1)=C(C)N2. The molecule has 4 heterocycles. The van der Waals surface area contributed by atoms with E-state index in [9.17, 15) is 9.59 Å². The van der Waals surface area contributed by atoms with Crippen LogP contribution in [0.15, 0.2) is 78.3 Å². The number of aromatic nitrogens is 4. The molecule has 0 saturated carbocycles. The van der Waals surface area contributed by atoms with E-state index in [0.29, 0.717) is 27.8 Å². The summed E-state index contributed by atoms with van der Waals surface area (Å²) in [6, 6.07) is 16.4. The van der Waals surface area contributed by atoms with E-state index in [1.807, 2.05) is 55.5 Å². The fraction of sp³-hybridized carbons (Fsp3) is 0.148. The van der Waals surface area contributed by atoms with Crippen molar-refractivity contribution in [2.45, 2.75) is 19.9 Å². The first-order chi connectivity index (χ1) is 18.0.